The third-order valence-corrected chi connectivity index (χ3v) is 6.97. The molecule has 1 fully saturated rings. The molecule has 0 aliphatic carbocycles. The molecule has 4 aromatic rings. The first-order valence-corrected chi connectivity index (χ1v) is 11.6. The maximum absolute atomic E-state index is 13.3. The van der Waals surface area contributed by atoms with Crippen molar-refractivity contribution in [1.82, 2.24) is 4.98 Å². The van der Waals surface area contributed by atoms with Crippen LogP contribution >= 0.6 is 11.3 Å². The molecule has 0 unspecified atom stereocenters. The first-order valence-electron chi connectivity index (χ1n) is 10.8. The van der Waals surface area contributed by atoms with Gasteiger partial charge in [-0.2, -0.15) is 0 Å². The smallest absolute Gasteiger partial charge is 0.301 e. The van der Waals surface area contributed by atoms with Gasteiger partial charge in [-0.25, -0.2) is 4.98 Å². The third kappa shape index (κ3) is 3.64. The van der Waals surface area contributed by atoms with E-state index in [2.05, 4.69) is 4.98 Å². The predicted octanol–water partition coefficient (Wildman–Crippen LogP) is 5.55. The zero-order valence-corrected chi connectivity index (χ0v) is 19.7. The zero-order valence-electron chi connectivity index (χ0n) is 18.9. The highest BCUT2D eigenvalue weighted by molar-refractivity contribution is 7.22. The minimum Gasteiger partial charge on any atom is -0.507 e. The summed E-state index contributed by atoms with van der Waals surface area (Å²) in [4.78, 5) is 32.6. The number of hydrogen-bond acceptors (Lipinski definition) is 6. The Kier molecular flexibility index (Phi) is 5.42. The van der Waals surface area contributed by atoms with E-state index < -0.39 is 17.7 Å². The maximum atomic E-state index is 13.3. The maximum Gasteiger partial charge on any atom is 0.301 e. The van der Waals surface area contributed by atoms with Gasteiger partial charge in [0.05, 0.1) is 28.9 Å². The number of aliphatic hydroxyl groups excluding tert-OH is 1. The Morgan fingerprint density at radius 1 is 0.971 bits per heavy atom. The summed E-state index contributed by atoms with van der Waals surface area (Å²) in [6.45, 7) is 3.91. The Labute approximate surface area is 200 Å². The molecule has 170 valence electrons. The molecule has 0 saturated carbocycles. The predicted molar refractivity (Wildman–Crippen MR) is 133 cm³/mol. The number of rotatable bonds is 4. The first-order chi connectivity index (χ1) is 16.4. The zero-order chi connectivity index (χ0) is 24.0. The number of thiazole rings is 1. The molecule has 0 radical (unpaired) electrons. The molecule has 1 atom stereocenters. The van der Waals surface area contributed by atoms with Gasteiger partial charge in [0.2, 0.25) is 0 Å². The van der Waals surface area contributed by atoms with E-state index in [4.69, 9.17) is 4.74 Å². The lowest BCUT2D eigenvalue weighted by Crippen LogP contribution is -2.29. The molecule has 5 rings (SSSR count). The van der Waals surface area contributed by atoms with E-state index in [-0.39, 0.29) is 11.3 Å². The van der Waals surface area contributed by atoms with E-state index in [0.29, 0.717) is 22.0 Å². The van der Waals surface area contributed by atoms with Crippen LogP contribution in [0, 0.1) is 13.8 Å². The Hall–Kier alpha value is -3.97. The van der Waals surface area contributed by atoms with Gasteiger partial charge >= 0.3 is 5.91 Å². The molecule has 1 aliphatic heterocycles. The van der Waals surface area contributed by atoms with E-state index in [9.17, 15) is 14.7 Å². The molecule has 34 heavy (non-hydrogen) atoms. The first kappa shape index (κ1) is 21.9. The largest absolute Gasteiger partial charge is 0.507 e. The standard InChI is InChI=1S/C27H22N2O4S/c1-15-4-8-17(9-5-15)23-22(24(30)18-10-6-16(2)7-11-18)25(31)26(32)29(23)27-28-20-13-12-19(33-3)14-21(20)34-27/h4-14,23,30H,1-3H3/b24-22+/t23-/m0/s1. The molecule has 1 aliphatic rings. The van der Waals surface area contributed by atoms with Gasteiger partial charge in [0.25, 0.3) is 5.78 Å². The number of anilines is 1. The number of aryl methyl sites for hydroxylation is 2. The van der Waals surface area contributed by atoms with Crippen molar-refractivity contribution in [3.63, 3.8) is 0 Å². The van der Waals surface area contributed by atoms with Crippen molar-refractivity contribution in [3.05, 3.63) is 94.6 Å². The molecule has 1 aromatic heterocycles. The summed E-state index contributed by atoms with van der Waals surface area (Å²) in [5.74, 6) is -0.973. The van der Waals surface area contributed by atoms with Crippen molar-refractivity contribution in [3.8, 4) is 5.75 Å². The molecule has 3 aromatic carbocycles. The number of benzene rings is 3. The minimum atomic E-state index is -0.802. The molecule has 1 N–H and O–H groups in total. The molecule has 6 nitrogen and oxygen atoms in total. The number of hydrogen-bond donors (Lipinski definition) is 1. The highest BCUT2D eigenvalue weighted by atomic mass is 32.1. The lowest BCUT2D eigenvalue weighted by atomic mass is 9.94. The Bertz CT molecular complexity index is 1450. The second-order valence-corrected chi connectivity index (χ2v) is 9.29. The number of amides is 1. The van der Waals surface area contributed by atoms with Crippen LogP contribution in [0.2, 0.25) is 0 Å². The van der Waals surface area contributed by atoms with Gasteiger partial charge in [-0.1, -0.05) is 71.0 Å². The number of ketones is 1. The van der Waals surface area contributed by atoms with Crippen LogP contribution < -0.4 is 9.64 Å². The Morgan fingerprint density at radius 3 is 2.26 bits per heavy atom. The number of methoxy groups -OCH3 is 1. The van der Waals surface area contributed by atoms with Crippen molar-refractivity contribution in [2.75, 3.05) is 12.0 Å². The number of aliphatic hydroxyl groups is 1. The average molecular weight is 471 g/mol. The van der Waals surface area contributed by atoms with Crippen LogP contribution in [0.4, 0.5) is 5.13 Å². The minimum absolute atomic E-state index is 0.0505. The van der Waals surface area contributed by atoms with Crippen LogP contribution in [0.1, 0.15) is 28.3 Å². The highest BCUT2D eigenvalue weighted by Gasteiger charge is 2.48. The molecule has 0 spiro atoms. The van der Waals surface area contributed by atoms with Crippen LogP contribution in [0.5, 0.6) is 5.75 Å². The number of carbonyl (C=O) groups excluding carboxylic acids is 2. The van der Waals surface area contributed by atoms with Crippen LogP contribution in [-0.4, -0.2) is 28.9 Å². The summed E-state index contributed by atoms with van der Waals surface area (Å²) in [6.07, 6.45) is 0. The van der Waals surface area contributed by atoms with Crippen molar-refractivity contribution in [1.29, 1.82) is 0 Å². The SMILES string of the molecule is COc1ccc2nc(N3C(=O)C(=O)/C(=C(/O)c4ccc(C)cc4)[C@@H]3c3ccc(C)cc3)sc2c1. The van der Waals surface area contributed by atoms with E-state index in [1.165, 1.54) is 16.2 Å². The van der Waals surface area contributed by atoms with Crippen LogP contribution in [0.15, 0.2) is 72.3 Å². The number of aromatic nitrogens is 1. The van der Waals surface area contributed by atoms with Gasteiger partial charge in [0.1, 0.15) is 11.5 Å². The molecular formula is C27H22N2O4S. The summed E-state index contributed by atoms with van der Waals surface area (Å²) >= 11 is 1.30. The van der Waals surface area contributed by atoms with E-state index >= 15 is 0 Å². The van der Waals surface area contributed by atoms with Crippen LogP contribution in [0.3, 0.4) is 0 Å². The van der Waals surface area contributed by atoms with E-state index in [1.54, 1.807) is 25.3 Å². The summed E-state index contributed by atoms with van der Waals surface area (Å²) in [7, 11) is 1.59. The molecule has 0 bridgehead atoms. The topological polar surface area (TPSA) is 79.7 Å². The normalized spacial score (nSPS) is 17.5. The second kappa shape index (κ2) is 8.43. The van der Waals surface area contributed by atoms with E-state index in [1.807, 2.05) is 62.4 Å². The fourth-order valence-electron chi connectivity index (χ4n) is 4.08. The number of carbonyl (C=O) groups is 2. The second-order valence-electron chi connectivity index (χ2n) is 8.28. The summed E-state index contributed by atoms with van der Waals surface area (Å²) < 4.78 is 6.14. The fraction of sp³-hybridized carbons (Fsp3) is 0.148. The van der Waals surface area contributed by atoms with Gasteiger partial charge in [-0.15, -0.1) is 0 Å². The van der Waals surface area contributed by atoms with E-state index in [0.717, 1.165) is 21.4 Å². The quantitative estimate of drug-likeness (QED) is 0.240. The van der Waals surface area contributed by atoms with Crippen molar-refractivity contribution >= 4 is 44.1 Å². The Morgan fingerprint density at radius 2 is 1.62 bits per heavy atom. The molecule has 1 saturated heterocycles. The van der Waals surface area contributed by atoms with Crippen LogP contribution in [0.25, 0.3) is 16.0 Å². The van der Waals surface area contributed by atoms with Gasteiger partial charge < -0.3 is 9.84 Å². The average Bonchev–Trinajstić information content (AvgIpc) is 3.37. The summed E-state index contributed by atoms with van der Waals surface area (Å²) in [5.41, 5.74) is 4.02. The highest BCUT2D eigenvalue weighted by Crippen LogP contribution is 2.44. The third-order valence-electron chi connectivity index (χ3n) is 5.95. The lowest BCUT2D eigenvalue weighted by molar-refractivity contribution is -0.132. The number of Topliss-reactive ketones (excluding diaryl/α,β-unsaturated/α-hetero) is 1. The van der Waals surface area contributed by atoms with Gasteiger partial charge in [0.15, 0.2) is 5.13 Å². The van der Waals surface area contributed by atoms with Crippen LogP contribution in [-0.2, 0) is 9.59 Å². The van der Waals surface area contributed by atoms with Gasteiger partial charge in [-0.3, -0.25) is 14.5 Å². The molecular weight excluding hydrogens is 448 g/mol. The van der Waals surface area contributed by atoms with Crippen molar-refractivity contribution in [2.45, 2.75) is 19.9 Å². The molecule has 1 amide bonds. The fourth-order valence-corrected chi connectivity index (χ4v) is 5.10. The van der Waals surface area contributed by atoms with Gasteiger partial charge in [-0.05, 0) is 37.6 Å². The molecule has 7 heteroatoms. The van der Waals surface area contributed by atoms with Crippen molar-refractivity contribution in [2.24, 2.45) is 0 Å². The lowest BCUT2D eigenvalue weighted by Gasteiger charge is -2.23. The number of nitrogens with zero attached hydrogens (tertiary/aromatic N) is 2. The molecule has 2 heterocycles. The number of fused-ring (bicyclic) bond motifs is 1. The van der Waals surface area contributed by atoms with Crippen molar-refractivity contribution < 1.29 is 19.4 Å². The summed E-state index contributed by atoms with van der Waals surface area (Å²) in [5, 5.41) is 11.6. The summed E-state index contributed by atoms with van der Waals surface area (Å²) in [6, 6.07) is 19.4. The number of ether oxygens (including phenoxy) is 1. The Balaban J connectivity index is 1.71. The van der Waals surface area contributed by atoms with Gasteiger partial charge in [0, 0.05) is 5.56 Å². The monoisotopic (exact) mass is 470 g/mol.